The van der Waals surface area contributed by atoms with Crippen LogP contribution in [0, 0.1) is 6.92 Å². The summed E-state index contributed by atoms with van der Waals surface area (Å²) in [5.41, 5.74) is 5.43. The van der Waals surface area contributed by atoms with Crippen molar-refractivity contribution >= 4 is 0 Å². The van der Waals surface area contributed by atoms with E-state index in [9.17, 15) is 0 Å². The maximum absolute atomic E-state index is 5.69. The lowest BCUT2D eigenvalue weighted by Gasteiger charge is -2.17. The van der Waals surface area contributed by atoms with Gasteiger partial charge in [0.1, 0.15) is 12.2 Å². The minimum Gasteiger partial charge on any atom is -0.271 e. The SMILES string of the molecule is Cc1ccc(CC(Cc2ncnn2C(C)C)NN)cc1. The van der Waals surface area contributed by atoms with Gasteiger partial charge in [-0.2, -0.15) is 5.10 Å². The third kappa shape index (κ3) is 3.65. The lowest BCUT2D eigenvalue weighted by Crippen LogP contribution is -2.39. The monoisotopic (exact) mass is 273 g/mol. The van der Waals surface area contributed by atoms with Gasteiger partial charge in [-0.1, -0.05) is 29.8 Å². The summed E-state index contributed by atoms with van der Waals surface area (Å²) >= 11 is 0. The molecular weight excluding hydrogens is 250 g/mol. The number of nitrogens with zero attached hydrogens (tertiary/aromatic N) is 3. The number of benzene rings is 1. The lowest BCUT2D eigenvalue weighted by atomic mass is 10.0. The first-order valence-corrected chi connectivity index (χ1v) is 7.00. The van der Waals surface area contributed by atoms with Crippen molar-refractivity contribution in [2.75, 3.05) is 0 Å². The molecule has 1 heterocycles. The van der Waals surface area contributed by atoms with Crippen molar-refractivity contribution in [2.24, 2.45) is 5.84 Å². The molecule has 1 aromatic heterocycles. The van der Waals surface area contributed by atoms with Crippen LogP contribution in [0.3, 0.4) is 0 Å². The van der Waals surface area contributed by atoms with E-state index in [4.69, 9.17) is 5.84 Å². The van der Waals surface area contributed by atoms with Crippen LogP contribution in [0.1, 0.15) is 36.8 Å². The molecule has 2 aromatic rings. The molecule has 0 radical (unpaired) electrons. The molecule has 0 saturated carbocycles. The van der Waals surface area contributed by atoms with E-state index in [1.54, 1.807) is 6.33 Å². The van der Waals surface area contributed by atoms with Gasteiger partial charge in [0.25, 0.3) is 0 Å². The third-order valence-electron chi connectivity index (χ3n) is 3.40. The Labute approximate surface area is 120 Å². The predicted octanol–water partition coefficient (Wildman–Crippen LogP) is 1.78. The van der Waals surface area contributed by atoms with Crippen LogP contribution in [0.15, 0.2) is 30.6 Å². The van der Waals surface area contributed by atoms with E-state index in [1.807, 2.05) is 4.68 Å². The smallest absolute Gasteiger partial charge is 0.138 e. The number of hydrogen-bond donors (Lipinski definition) is 2. The summed E-state index contributed by atoms with van der Waals surface area (Å²) in [5, 5.41) is 4.26. The molecule has 1 aromatic carbocycles. The molecule has 0 saturated heterocycles. The average molecular weight is 273 g/mol. The van der Waals surface area contributed by atoms with E-state index < -0.39 is 0 Å². The number of aryl methyl sites for hydroxylation is 1. The Balaban J connectivity index is 2.05. The molecular formula is C15H23N5. The van der Waals surface area contributed by atoms with Crippen LogP contribution < -0.4 is 11.3 Å². The van der Waals surface area contributed by atoms with Crippen molar-refractivity contribution in [3.63, 3.8) is 0 Å². The normalized spacial score (nSPS) is 12.8. The van der Waals surface area contributed by atoms with Crippen LogP contribution in [0.2, 0.25) is 0 Å². The van der Waals surface area contributed by atoms with Crippen LogP contribution in [-0.2, 0) is 12.8 Å². The highest BCUT2D eigenvalue weighted by atomic mass is 15.3. The second-order valence-electron chi connectivity index (χ2n) is 5.47. The van der Waals surface area contributed by atoms with E-state index in [0.29, 0.717) is 6.04 Å². The fourth-order valence-corrected chi connectivity index (χ4v) is 2.27. The number of nitrogens with two attached hydrogens (primary N) is 1. The Kier molecular flexibility index (Phi) is 4.87. The molecule has 0 amide bonds. The maximum atomic E-state index is 5.69. The molecule has 0 aliphatic rings. The molecule has 2 rings (SSSR count). The minimum absolute atomic E-state index is 0.152. The van der Waals surface area contributed by atoms with Gasteiger partial charge in [0, 0.05) is 18.5 Å². The zero-order valence-electron chi connectivity index (χ0n) is 12.4. The van der Waals surface area contributed by atoms with Crippen LogP contribution in [0.25, 0.3) is 0 Å². The van der Waals surface area contributed by atoms with Gasteiger partial charge in [-0.05, 0) is 32.8 Å². The fraction of sp³-hybridized carbons (Fsp3) is 0.467. The number of hydrazine groups is 1. The summed E-state index contributed by atoms with van der Waals surface area (Å²) in [6, 6.07) is 9.00. The molecule has 0 spiro atoms. The lowest BCUT2D eigenvalue weighted by molar-refractivity contribution is 0.459. The van der Waals surface area contributed by atoms with Crippen LogP contribution >= 0.6 is 0 Å². The second kappa shape index (κ2) is 6.63. The van der Waals surface area contributed by atoms with Crippen molar-refractivity contribution in [1.82, 2.24) is 20.2 Å². The first-order chi connectivity index (χ1) is 9.60. The Morgan fingerprint density at radius 3 is 2.50 bits per heavy atom. The molecule has 1 atom stereocenters. The molecule has 0 aliphatic heterocycles. The van der Waals surface area contributed by atoms with Gasteiger partial charge in [0.05, 0.1) is 0 Å². The van der Waals surface area contributed by atoms with Crippen molar-refractivity contribution < 1.29 is 0 Å². The summed E-state index contributed by atoms with van der Waals surface area (Å²) in [7, 11) is 0. The van der Waals surface area contributed by atoms with Crippen molar-refractivity contribution in [3.05, 3.63) is 47.5 Å². The summed E-state index contributed by atoms with van der Waals surface area (Å²) in [6.07, 6.45) is 3.25. The van der Waals surface area contributed by atoms with Gasteiger partial charge in [0.2, 0.25) is 0 Å². The standard InChI is InChI=1S/C15H23N5/c1-11(2)20-15(17-10-18-20)9-14(19-16)8-13-6-4-12(3)5-7-13/h4-7,10-11,14,19H,8-9,16H2,1-3H3. The quantitative estimate of drug-likeness (QED) is 0.622. The van der Waals surface area contributed by atoms with E-state index >= 15 is 0 Å². The second-order valence-corrected chi connectivity index (χ2v) is 5.47. The van der Waals surface area contributed by atoms with Gasteiger partial charge in [0.15, 0.2) is 0 Å². The first kappa shape index (κ1) is 14.7. The van der Waals surface area contributed by atoms with Crippen molar-refractivity contribution in [2.45, 2.75) is 45.7 Å². The number of hydrogen-bond acceptors (Lipinski definition) is 4. The van der Waals surface area contributed by atoms with Crippen molar-refractivity contribution in [1.29, 1.82) is 0 Å². The maximum Gasteiger partial charge on any atom is 0.138 e. The van der Waals surface area contributed by atoms with Crippen molar-refractivity contribution in [3.8, 4) is 0 Å². The Hall–Kier alpha value is -1.72. The Morgan fingerprint density at radius 2 is 1.90 bits per heavy atom. The van der Waals surface area contributed by atoms with Gasteiger partial charge in [-0.3, -0.25) is 11.3 Å². The predicted molar refractivity (Wildman–Crippen MR) is 80.1 cm³/mol. The van der Waals surface area contributed by atoms with E-state index in [1.165, 1.54) is 11.1 Å². The van der Waals surface area contributed by atoms with Gasteiger partial charge >= 0.3 is 0 Å². The molecule has 3 N–H and O–H groups in total. The zero-order valence-corrected chi connectivity index (χ0v) is 12.4. The molecule has 0 fully saturated rings. The topological polar surface area (TPSA) is 68.8 Å². The molecule has 5 nitrogen and oxygen atoms in total. The average Bonchev–Trinajstić information content (AvgIpc) is 2.88. The number of aromatic nitrogens is 3. The van der Waals surface area contributed by atoms with Crippen LogP contribution in [0.5, 0.6) is 0 Å². The van der Waals surface area contributed by atoms with Crippen LogP contribution in [-0.4, -0.2) is 20.8 Å². The summed E-state index contributed by atoms with van der Waals surface area (Å²) in [6.45, 7) is 6.29. The van der Waals surface area contributed by atoms with Gasteiger partial charge in [-0.25, -0.2) is 9.67 Å². The Morgan fingerprint density at radius 1 is 1.20 bits per heavy atom. The number of nitrogens with one attached hydrogen (secondary N) is 1. The third-order valence-corrected chi connectivity index (χ3v) is 3.40. The molecule has 5 heteroatoms. The number of rotatable bonds is 6. The highest BCUT2D eigenvalue weighted by Crippen LogP contribution is 2.11. The molecule has 20 heavy (non-hydrogen) atoms. The zero-order chi connectivity index (χ0) is 14.5. The Bertz CT molecular complexity index is 529. The van der Waals surface area contributed by atoms with E-state index in [0.717, 1.165) is 18.7 Å². The van der Waals surface area contributed by atoms with E-state index in [-0.39, 0.29) is 6.04 Å². The summed E-state index contributed by atoms with van der Waals surface area (Å²) < 4.78 is 1.94. The largest absolute Gasteiger partial charge is 0.271 e. The molecule has 0 aliphatic carbocycles. The van der Waals surface area contributed by atoms with Gasteiger partial charge < -0.3 is 0 Å². The van der Waals surface area contributed by atoms with Gasteiger partial charge in [-0.15, -0.1) is 0 Å². The minimum atomic E-state index is 0.152. The summed E-state index contributed by atoms with van der Waals surface area (Å²) in [5.74, 6) is 6.65. The fourth-order valence-electron chi connectivity index (χ4n) is 2.27. The molecule has 1 unspecified atom stereocenters. The first-order valence-electron chi connectivity index (χ1n) is 7.00. The van der Waals surface area contributed by atoms with Crippen LogP contribution in [0.4, 0.5) is 0 Å². The molecule has 0 bridgehead atoms. The highest BCUT2D eigenvalue weighted by Gasteiger charge is 2.14. The summed E-state index contributed by atoms with van der Waals surface area (Å²) in [4.78, 5) is 4.34. The highest BCUT2D eigenvalue weighted by molar-refractivity contribution is 5.22. The van der Waals surface area contributed by atoms with E-state index in [2.05, 4.69) is 60.5 Å². The molecule has 108 valence electrons.